The molecule has 0 aliphatic heterocycles. The van der Waals surface area contributed by atoms with E-state index >= 15 is 0 Å². The number of nitrogen functional groups attached to an aromatic ring is 2. The van der Waals surface area contributed by atoms with Crippen molar-refractivity contribution in [3.8, 4) is 0 Å². The van der Waals surface area contributed by atoms with Gasteiger partial charge < -0.3 is 16.4 Å². The van der Waals surface area contributed by atoms with E-state index in [0.29, 0.717) is 11.4 Å². The van der Waals surface area contributed by atoms with Crippen molar-refractivity contribution in [1.82, 2.24) is 4.90 Å². The molecule has 1 aromatic rings. The van der Waals surface area contributed by atoms with Crippen molar-refractivity contribution in [1.29, 1.82) is 0 Å². The predicted molar refractivity (Wildman–Crippen MR) is 76.0 cm³/mol. The first kappa shape index (κ1) is 13.8. The first-order valence-corrected chi connectivity index (χ1v) is 6.53. The zero-order chi connectivity index (χ0) is 12.7. The molecule has 0 radical (unpaired) electrons. The Bertz CT molecular complexity index is 330. The largest absolute Gasteiger partial charge is 0.397 e. The lowest BCUT2D eigenvalue weighted by molar-refractivity contribution is 0.278. The number of nitrogens with two attached hydrogens (primary N) is 2. The molecule has 4 N–H and O–H groups in total. The van der Waals surface area contributed by atoms with Gasteiger partial charge in [0.15, 0.2) is 0 Å². The van der Waals surface area contributed by atoms with Crippen LogP contribution in [0.15, 0.2) is 18.2 Å². The smallest absolute Gasteiger partial charge is 0.0550 e. The molecule has 0 bridgehead atoms. The van der Waals surface area contributed by atoms with E-state index < -0.39 is 0 Å². The molecule has 0 aromatic heterocycles. The predicted octanol–water partition coefficient (Wildman–Crippen LogP) is 2.52. The molecular weight excluding hydrogens is 210 g/mol. The van der Waals surface area contributed by atoms with Gasteiger partial charge in [0.25, 0.3) is 0 Å². The standard InChI is InChI=1S/C14H25N3/c1-3-8-17(9-4-2)10-7-12-5-6-13(15)14(16)11-12/h5-6,11H,3-4,7-10,15-16H2,1-2H3. The first-order valence-electron chi connectivity index (χ1n) is 6.53. The average molecular weight is 235 g/mol. The van der Waals surface area contributed by atoms with Crippen molar-refractivity contribution >= 4 is 11.4 Å². The highest BCUT2D eigenvalue weighted by Crippen LogP contribution is 2.16. The van der Waals surface area contributed by atoms with Crippen molar-refractivity contribution < 1.29 is 0 Å². The summed E-state index contributed by atoms with van der Waals surface area (Å²) in [4.78, 5) is 2.51. The van der Waals surface area contributed by atoms with Crippen molar-refractivity contribution in [3.63, 3.8) is 0 Å². The number of benzene rings is 1. The Kier molecular flexibility index (Phi) is 5.84. The van der Waals surface area contributed by atoms with E-state index in [2.05, 4.69) is 24.8 Å². The van der Waals surface area contributed by atoms with E-state index in [0.717, 1.165) is 13.0 Å². The molecule has 0 spiro atoms. The van der Waals surface area contributed by atoms with Gasteiger partial charge in [-0.05, 0) is 50.0 Å². The highest BCUT2D eigenvalue weighted by atomic mass is 15.1. The third-order valence-electron chi connectivity index (χ3n) is 2.95. The minimum Gasteiger partial charge on any atom is -0.397 e. The Balaban J connectivity index is 2.49. The monoisotopic (exact) mass is 235 g/mol. The molecule has 17 heavy (non-hydrogen) atoms. The van der Waals surface area contributed by atoms with Crippen LogP contribution in [0.1, 0.15) is 32.3 Å². The number of hydrogen-bond acceptors (Lipinski definition) is 3. The molecule has 0 saturated carbocycles. The van der Waals surface area contributed by atoms with Crippen LogP contribution in [0.5, 0.6) is 0 Å². The van der Waals surface area contributed by atoms with Crippen LogP contribution >= 0.6 is 0 Å². The van der Waals surface area contributed by atoms with E-state index in [1.807, 2.05) is 12.1 Å². The van der Waals surface area contributed by atoms with Crippen LogP contribution in [0.3, 0.4) is 0 Å². The van der Waals surface area contributed by atoms with Crippen molar-refractivity contribution in [2.45, 2.75) is 33.1 Å². The lowest BCUT2D eigenvalue weighted by Crippen LogP contribution is -2.27. The van der Waals surface area contributed by atoms with Crippen LogP contribution in [-0.4, -0.2) is 24.5 Å². The summed E-state index contributed by atoms with van der Waals surface area (Å²) in [6, 6.07) is 5.96. The highest BCUT2D eigenvalue weighted by Gasteiger charge is 2.03. The second-order valence-electron chi connectivity index (χ2n) is 4.55. The third-order valence-corrected chi connectivity index (χ3v) is 2.95. The second-order valence-corrected chi connectivity index (χ2v) is 4.55. The zero-order valence-electron chi connectivity index (χ0n) is 11.1. The van der Waals surface area contributed by atoms with Crippen LogP contribution < -0.4 is 11.5 Å². The summed E-state index contributed by atoms with van der Waals surface area (Å²) in [7, 11) is 0. The summed E-state index contributed by atoms with van der Waals surface area (Å²) in [5.41, 5.74) is 14.2. The molecule has 0 atom stereocenters. The molecule has 0 aliphatic carbocycles. The highest BCUT2D eigenvalue weighted by molar-refractivity contribution is 5.63. The van der Waals surface area contributed by atoms with Crippen LogP contribution in [0.25, 0.3) is 0 Å². The van der Waals surface area contributed by atoms with Gasteiger partial charge in [-0.3, -0.25) is 0 Å². The van der Waals surface area contributed by atoms with Crippen molar-refractivity contribution in [2.24, 2.45) is 0 Å². The fraction of sp³-hybridized carbons (Fsp3) is 0.571. The number of anilines is 2. The maximum Gasteiger partial charge on any atom is 0.0550 e. The minimum atomic E-state index is 0.674. The first-order chi connectivity index (χ1) is 8.17. The van der Waals surface area contributed by atoms with Crippen LogP contribution in [-0.2, 0) is 6.42 Å². The van der Waals surface area contributed by atoms with Gasteiger partial charge in [0, 0.05) is 6.54 Å². The Hall–Kier alpha value is -1.22. The Morgan fingerprint density at radius 3 is 2.12 bits per heavy atom. The summed E-state index contributed by atoms with van der Waals surface area (Å²) in [5, 5.41) is 0. The average Bonchev–Trinajstić information content (AvgIpc) is 2.31. The van der Waals surface area contributed by atoms with Gasteiger partial charge in [0.05, 0.1) is 11.4 Å². The SMILES string of the molecule is CCCN(CCC)CCc1ccc(N)c(N)c1. The molecule has 3 nitrogen and oxygen atoms in total. The molecule has 0 fully saturated rings. The molecule has 3 heteroatoms. The summed E-state index contributed by atoms with van der Waals surface area (Å²) in [5.74, 6) is 0. The van der Waals surface area contributed by atoms with E-state index in [4.69, 9.17) is 11.5 Å². The van der Waals surface area contributed by atoms with Gasteiger partial charge in [-0.1, -0.05) is 19.9 Å². The molecule has 0 saturated heterocycles. The van der Waals surface area contributed by atoms with Crippen molar-refractivity contribution in [2.75, 3.05) is 31.1 Å². The molecule has 0 amide bonds. The summed E-state index contributed by atoms with van der Waals surface area (Å²) >= 11 is 0. The number of hydrogen-bond donors (Lipinski definition) is 2. The van der Waals surface area contributed by atoms with Gasteiger partial charge in [0.1, 0.15) is 0 Å². The maximum atomic E-state index is 5.81. The van der Waals surface area contributed by atoms with Gasteiger partial charge >= 0.3 is 0 Å². The summed E-state index contributed by atoms with van der Waals surface area (Å²) < 4.78 is 0. The Labute approximate surface area is 105 Å². The summed E-state index contributed by atoms with van der Waals surface area (Å²) in [6.07, 6.45) is 3.47. The van der Waals surface area contributed by atoms with E-state index in [9.17, 15) is 0 Å². The summed E-state index contributed by atoms with van der Waals surface area (Å²) in [6.45, 7) is 7.91. The van der Waals surface area contributed by atoms with Gasteiger partial charge in [-0.15, -0.1) is 0 Å². The second kappa shape index (κ2) is 7.17. The molecule has 96 valence electrons. The maximum absolute atomic E-state index is 5.81. The fourth-order valence-corrected chi connectivity index (χ4v) is 2.03. The molecular formula is C14H25N3. The lowest BCUT2D eigenvalue weighted by Gasteiger charge is -2.20. The van der Waals surface area contributed by atoms with Gasteiger partial charge in [0.2, 0.25) is 0 Å². The minimum absolute atomic E-state index is 0.674. The fourth-order valence-electron chi connectivity index (χ4n) is 2.03. The zero-order valence-corrected chi connectivity index (χ0v) is 11.1. The van der Waals surface area contributed by atoms with Crippen LogP contribution in [0.4, 0.5) is 11.4 Å². The molecule has 1 aromatic carbocycles. The Morgan fingerprint density at radius 1 is 0.941 bits per heavy atom. The number of nitrogens with zero attached hydrogens (tertiary/aromatic N) is 1. The lowest BCUT2D eigenvalue weighted by atomic mass is 10.1. The van der Waals surface area contributed by atoms with Crippen molar-refractivity contribution in [3.05, 3.63) is 23.8 Å². The van der Waals surface area contributed by atoms with E-state index in [-0.39, 0.29) is 0 Å². The normalized spacial score (nSPS) is 11.0. The molecule has 0 unspecified atom stereocenters. The van der Waals surface area contributed by atoms with E-state index in [1.54, 1.807) is 0 Å². The molecule has 1 rings (SSSR count). The van der Waals surface area contributed by atoms with Gasteiger partial charge in [-0.25, -0.2) is 0 Å². The van der Waals surface area contributed by atoms with Crippen LogP contribution in [0, 0.1) is 0 Å². The third kappa shape index (κ3) is 4.65. The molecule has 0 heterocycles. The van der Waals surface area contributed by atoms with E-state index in [1.165, 1.54) is 31.5 Å². The Morgan fingerprint density at radius 2 is 1.59 bits per heavy atom. The van der Waals surface area contributed by atoms with Gasteiger partial charge in [-0.2, -0.15) is 0 Å². The van der Waals surface area contributed by atoms with Crippen LogP contribution in [0.2, 0.25) is 0 Å². The molecule has 0 aliphatic rings. The quantitative estimate of drug-likeness (QED) is 0.714. The number of rotatable bonds is 7. The topological polar surface area (TPSA) is 55.3 Å².